The molecule has 0 atom stereocenters. The predicted molar refractivity (Wildman–Crippen MR) is 61.6 cm³/mol. The molecule has 0 saturated heterocycles. The quantitative estimate of drug-likeness (QED) is 0.611. The number of halogens is 3. The zero-order chi connectivity index (χ0) is 14.5. The molecule has 0 saturated carbocycles. The van der Waals surface area contributed by atoms with Crippen LogP contribution in [0, 0.1) is 0 Å². The molecule has 0 spiro atoms. The van der Waals surface area contributed by atoms with Crippen molar-refractivity contribution in [1.29, 1.82) is 0 Å². The first-order valence-corrected chi connectivity index (χ1v) is 5.70. The van der Waals surface area contributed by atoms with Gasteiger partial charge in [0.25, 0.3) is 0 Å². The highest BCUT2D eigenvalue weighted by Gasteiger charge is 2.30. The third-order valence-electron chi connectivity index (χ3n) is 2.33. The predicted octanol–water partition coefficient (Wildman–Crippen LogP) is 3.23. The number of hydrogen-bond donors (Lipinski definition) is 0. The highest BCUT2D eigenvalue weighted by Crippen LogP contribution is 2.29. The maximum absolute atomic E-state index is 12.4. The second-order valence-electron chi connectivity index (χ2n) is 3.91. The fourth-order valence-corrected chi connectivity index (χ4v) is 1.37. The minimum atomic E-state index is -4.50. The van der Waals surface area contributed by atoms with Crippen LogP contribution in [0.15, 0.2) is 24.3 Å². The molecule has 0 aliphatic carbocycles. The molecule has 19 heavy (non-hydrogen) atoms. The molecule has 0 aliphatic rings. The molecule has 1 aromatic carbocycles. The minimum absolute atomic E-state index is 0.126. The summed E-state index contributed by atoms with van der Waals surface area (Å²) in [5.41, 5.74) is -1.03. The number of hydrogen-bond acceptors (Lipinski definition) is 3. The first-order valence-electron chi connectivity index (χ1n) is 5.70. The van der Waals surface area contributed by atoms with Gasteiger partial charge < -0.3 is 4.74 Å². The molecule has 0 unspecified atom stereocenters. The van der Waals surface area contributed by atoms with Gasteiger partial charge in [0.2, 0.25) is 0 Å². The summed E-state index contributed by atoms with van der Waals surface area (Å²) in [5.74, 6) is -1.20. The van der Waals surface area contributed by atoms with E-state index in [0.29, 0.717) is 6.42 Å². The van der Waals surface area contributed by atoms with E-state index in [0.717, 1.165) is 18.2 Å². The zero-order valence-corrected chi connectivity index (χ0v) is 10.3. The van der Waals surface area contributed by atoms with E-state index < -0.39 is 30.1 Å². The van der Waals surface area contributed by atoms with Crippen molar-refractivity contribution in [1.82, 2.24) is 0 Å². The number of rotatable bonds is 5. The topological polar surface area (TPSA) is 43.4 Å². The average Bonchev–Trinajstić information content (AvgIpc) is 2.35. The maximum atomic E-state index is 12.4. The molecule has 1 aromatic rings. The van der Waals surface area contributed by atoms with E-state index in [4.69, 9.17) is 0 Å². The van der Waals surface area contributed by atoms with E-state index in [1.165, 1.54) is 6.07 Å². The van der Waals surface area contributed by atoms with Gasteiger partial charge in [-0.2, -0.15) is 13.2 Å². The van der Waals surface area contributed by atoms with Crippen molar-refractivity contribution < 1.29 is 27.5 Å². The first kappa shape index (κ1) is 15.2. The number of carbonyl (C=O) groups is 2. The second kappa shape index (κ2) is 6.36. The van der Waals surface area contributed by atoms with Crippen LogP contribution in [-0.2, 0) is 15.7 Å². The summed E-state index contributed by atoms with van der Waals surface area (Å²) in [6, 6.07) is 4.02. The Hall–Kier alpha value is -1.85. The van der Waals surface area contributed by atoms with Gasteiger partial charge in [-0.25, -0.2) is 0 Å². The minimum Gasteiger partial charge on any atom is -0.457 e. The van der Waals surface area contributed by atoms with Crippen molar-refractivity contribution in [3.8, 4) is 0 Å². The lowest BCUT2D eigenvalue weighted by Crippen LogP contribution is -2.15. The number of carbonyl (C=O) groups excluding carboxylic acids is 2. The van der Waals surface area contributed by atoms with Gasteiger partial charge in [0.15, 0.2) is 12.4 Å². The summed E-state index contributed by atoms with van der Waals surface area (Å²) in [4.78, 5) is 22.6. The standard InChI is InChI=1S/C13H13F3O3/c1-2-4-12(18)19-8-11(17)9-5-3-6-10(7-9)13(14,15)16/h3,5-7H,2,4,8H2,1H3. The summed E-state index contributed by atoms with van der Waals surface area (Å²) >= 11 is 0. The Morgan fingerprint density at radius 1 is 1.26 bits per heavy atom. The van der Waals surface area contributed by atoms with Crippen LogP contribution in [0.2, 0.25) is 0 Å². The van der Waals surface area contributed by atoms with Crippen LogP contribution in [0.1, 0.15) is 35.7 Å². The molecule has 0 aromatic heterocycles. The average molecular weight is 274 g/mol. The fourth-order valence-electron chi connectivity index (χ4n) is 1.37. The third kappa shape index (κ3) is 4.73. The Balaban J connectivity index is 2.70. The molecule has 0 amide bonds. The lowest BCUT2D eigenvalue weighted by Gasteiger charge is -2.08. The third-order valence-corrected chi connectivity index (χ3v) is 2.33. The summed E-state index contributed by atoms with van der Waals surface area (Å²) in [6.07, 6.45) is -3.75. The van der Waals surface area contributed by atoms with Gasteiger partial charge >= 0.3 is 12.1 Å². The van der Waals surface area contributed by atoms with Crippen molar-refractivity contribution in [3.05, 3.63) is 35.4 Å². The van der Waals surface area contributed by atoms with Crippen molar-refractivity contribution in [2.45, 2.75) is 25.9 Å². The van der Waals surface area contributed by atoms with Crippen LogP contribution in [0.25, 0.3) is 0 Å². The molecule has 0 N–H and O–H groups in total. The van der Waals surface area contributed by atoms with E-state index in [9.17, 15) is 22.8 Å². The van der Waals surface area contributed by atoms with Crippen LogP contribution in [0.5, 0.6) is 0 Å². The Kier molecular flexibility index (Phi) is 5.09. The number of ketones is 1. The van der Waals surface area contributed by atoms with Gasteiger partial charge in [-0.3, -0.25) is 9.59 Å². The van der Waals surface area contributed by atoms with Gasteiger partial charge in [-0.05, 0) is 18.6 Å². The largest absolute Gasteiger partial charge is 0.457 e. The number of benzene rings is 1. The molecule has 0 bridgehead atoms. The fraction of sp³-hybridized carbons (Fsp3) is 0.385. The second-order valence-corrected chi connectivity index (χ2v) is 3.91. The van der Waals surface area contributed by atoms with Gasteiger partial charge in [-0.1, -0.05) is 19.1 Å². The molecular formula is C13H13F3O3. The summed E-state index contributed by atoms with van der Waals surface area (Å²) in [5, 5.41) is 0. The molecule has 0 heterocycles. The zero-order valence-electron chi connectivity index (χ0n) is 10.3. The molecule has 104 valence electrons. The van der Waals surface area contributed by atoms with E-state index in [-0.39, 0.29) is 12.0 Å². The molecular weight excluding hydrogens is 261 g/mol. The van der Waals surface area contributed by atoms with E-state index in [1.54, 1.807) is 6.92 Å². The number of esters is 1. The van der Waals surface area contributed by atoms with Crippen molar-refractivity contribution in [2.75, 3.05) is 6.61 Å². The van der Waals surface area contributed by atoms with Gasteiger partial charge in [-0.15, -0.1) is 0 Å². The lowest BCUT2D eigenvalue weighted by molar-refractivity contribution is -0.142. The summed E-state index contributed by atoms with van der Waals surface area (Å²) in [6.45, 7) is 1.23. The van der Waals surface area contributed by atoms with Crippen molar-refractivity contribution >= 4 is 11.8 Å². The summed E-state index contributed by atoms with van der Waals surface area (Å²) < 4.78 is 42.0. The molecule has 3 nitrogen and oxygen atoms in total. The molecule has 6 heteroatoms. The van der Waals surface area contributed by atoms with Crippen molar-refractivity contribution in [3.63, 3.8) is 0 Å². The number of Topliss-reactive ketones (excluding diaryl/α,β-unsaturated/α-hetero) is 1. The molecule has 0 fully saturated rings. The van der Waals surface area contributed by atoms with E-state index in [1.807, 2.05) is 0 Å². The number of ether oxygens (including phenoxy) is 1. The van der Waals surface area contributed by atoms with Gasteiger partial charge in [0, 0.05) is 12.0 Å². The molecule has 0 aliphatic heterocycles. The Morgan fingerprint density at radius 3 is 2.53 bits per heavy atom. The Bertz CT molecular complexity index is 466. The van der Waals surface area contributed by atoms with Crippen LogP contribution in [0.4, 0.5) is 13.2 Å². The van der Waals surface area contributed by atoms with Gasteiger partial charge in [0.1, 0.15) is 0 Å². The van der Waals surface area contributed by atoms with Crippen molar-refractivity contribution in [2.24, 2.45) is 0 Å². The molecule has 0 radical (unpaired) electrons. The Morgan fingerprint density at radius 2 is 1.95 bits per heavy atom. The lowest BCUT2D eigenvalue weighted by atomic mass is 10.1. The summed E-state index contributed by atoms with van der Waals surface area (Å²) in [7, 11) is 0. The highest BCUT2D eigenvalue weighted by molar-refractivity contribution is 5.98. The maximum Gasteiger partial charge on any atom is 0.416 e. The van der Waals surface area contributed by atoms with Crippen LogP contribution in [0.3, 0.4) is 0 Å². The SMILES string of the molecule is CCCC(=O)OCC(=O)c1cccc(C(F)(F)F)c1. The van der Waals surface area contributed by atoms with E-state index >= 15 is 0 Å². The Labute approximate surface area is 108 Å². The number of alkyl halides is 3. The normalized spacial score (nSPS) is 11.2. The van der Waals surface area contributed by atoms with Crippen LogP contribution < -0.4 is 0 Å². The monoisotopic (exact) mass is 274 g/mol. The van der Waals surface area contributed by atoms with Gasteiger partial charge in [0.05, 0.1) is 5.56 Å². The van der Waals surface area contributed by atoms with E-state index in [2.05, 4.69) is 4.74 Å². The molecule has 1 rings (SSSR count). The van der Waals surface area contributed by atoms with Crippen LogP contribution >= 0.6 is 0 Å². The first-order chi connectivity index (χ1) is 8.84. The smallest absolute Gasteiger partial charge is 0.416 e. The highest BCUT2D eigenvalue weighted by atomic mass is 19.4. The van der Waals surface area contributed by atoms with Crippen LogP contribution in [-0.4, -0.2) is 18.4 Å².